The second kappa shape index (κ2) is 9.24. The molecule has 1 aliphatic heterocycles. The number of nitrogens with one attached hydrogen (secondary N) is 1. The minimum absolute atomic E-state index is 0.313. The standard InChI is InChI=1S/C23H22ClFN6/c1-31-13-18(20(26)14-31)23(17-7-2-3-8-19(17)25)28-10-15-5-4-6-16(9-15)29-22-12-27-11-21(24)30-22/h2-9,11-12H,10,13-14,26H2,1H3,(H,29,30). The summed E-state index contributed by atoms with van der Waals surface area (Å²) in [6.45, 7) is 1.65. The van der Waals surface area contributed by atoms with E-state index in [1.165, 1.54) is 12.3 Å². The second-order valence-electron chi connectivity index (χ2n) is 7.37. The fraction of sp³-hybridized carbons (Fsp3) is 0.174. The molecule has 0 aliphatic carbocycles. The van der Waals surface area contributed by atoms with E-state index in [-0.39, 0.29) is 5.82 Å². The van der Waals surface area contributed by atoms with Crippen LogP contribution >= 0.6 is 11.6 Å². The highest BCUT2D eigenvalue weighted by Gasteiger charge is 2.23. The van der Waals surface area contributed by atoms with Crippen LogP contribution in [0.25, 0.3) is 0 Å². The number of anilines is 2. The van der Waals surface area contributed by atoms with Crippen molar-refractivity contribution < 1.29 is 4.39 Å². The highest BCUT2D eigenvalue weighted by molar-refractivity contribution is 6.29. The zero-order valence-electron chi connectivity index (χ0n) is 17.0. The molecule has 31 heavy (non-hydrogen) atoms. The van der Waals surface area contributed by atoms with Gasteiger partial charge in [0.05, 0.1) is 24.7 Å². The molecule has 0 fully saturated rings. The SMILES string of the molecule is CN1CC(N)=C(C(=NCc2cccc(Nc3cncc(Cl)n3)c2)c2ccccc2F)C1. The number of rotatable bonds is 6. The molecule has 8 heteroatoms. The third kappa shape index (κ3) is 5.07. The van der Waals surface area contributed by atoms with Gasteiger partial charge in [-0.3, -0.25) is 14.9 Å². The van der Waals surface area contributed by atoms with Gasteiger partial charge in [0.1, 0.15) is 11.0 Å². The van der Waals surface area contributed by atoms with Gasteiger partial charge in [0.2, 0.25) is 0 Å². The van der Waals surface area contributed by atoms with E-state index in [0.717, 1.165) is 22.5 Å². The predicted octanol–water partition coefficient (Wildman–Crippen LogP) is 4.16. The monoisotopic (exact) mass is 436 g/mol. The summed E-state index contributed by atoms with van der Waals surface area (Å²) >= 11 is 5.90. The molecule has 0 amide bonds. The number of aliphatic imine (C=N–C) groups is 1. The molecule has 0 saturated carbocycles. The number of nitrogens with zero attached hydrogens (tertiary/aromatic N) is 4. The number of halogens is 2. The molecule has 0 bridgehead atoms. The summed E-state index contributed by atoms with van der Waals surface area (Å²) in [5.74, 6) is 0.234. The van der Waals surface area contributed by atoms with E-state index < -0.39 is 0 Å². The van der Waals surface area contributed by atoms with E-state index in [1.54, 1.807) is 24.4 Å². The van der Waals surface area contributed by atoms with Gasteiger partial charge in [-0.15, -0.1) is 0 Å². The van der Waals surface area contributed by atoms with Gasteiger partial charge in [-0.25, -0.2) is 9.37 Å². The maximum absolute atomic E-state index is 14.6. The fourth-order valence-electron chi connectivity index (χ4n) is 3.51. The Bertz CT molecular complexity index is 1160. The van der Waals surface area contributed by atoms with Crippen molar-refractivity contribution in [1.29, 1.82) is 0 Å². The quantitative estimate of drug-likeness (QED) is 0.567. The maximum atomic E-state index is 14.6. The summed E-state index contributed by atoms with van der Waals surface area (Å²) in [6.07, 6.45) is 3.07. The number of hydrogen-bond acceptors (Lipinski definition) is 6. The van der Waals surface area contributed by atoms with Crippen LogP contribution in [-0.2, 0) is 6.54 Å². The van der Waals surface area contributed by atoms with E-state index in [4.69, 9.17) is 22.3 Å². The minimum Gasteiger partial charge on any atom is -0.401 e. The highest BCUT2D eigenvalue weighted by Crippen LogP contribution is 2.22. The van der Waals surface area contributed by atoms with Crippen LogP contribution < -0.4 is 11.1 Å². The first kappa shape index (κ1) is 21.0. The second-order valence-corrected chi connectivity index (χ2v) is 7.76. The van der Waals surface area contributed by atoms with Gasteiger partial charge in [-0.05, 0) is 36.9 Å². The van der Waals surface area contributed by atoms with Crippen molar-refractivity contribution in [2.24, 2.45) is 10.7 Å². The van der Waals surface area contributed by atoms with Crippen LogP contribution in [0, 0.1) is 5.82 Å². The Morgan fingerprint density at radius 2 is 2.03 bits per heavy atom. The number of nitrogens with two attached hydrogens (primary N) is 1. The third-order valence-electron chi connectivity index (χ3n) is 4.90. The molecule has 0 saturated heterocycles. The zero-order chi connectivity index (χ0) is 21.8. The number of hydrogen-bond donors (Lipinski definition) is 2. The van der Waals surface area contributed by atoms with Crippen LogP contribution in [0.4, 0.5) is 15.9 Å². The molecule has 2 heterocycles. The lowest BCUT2D eigenvalue weighted by Gasteiger charge is -2.12. The maximum Gasteiger partial charge on any atom is 0.150 e. The Hall–Kier alpha value is -3.29. The van der Waals surface area contributed by atoms with E-state index in [9.17, 15) is 4.39 Å². The van der Waals surface area contributed by atoms with Gasteiger partial charge < -0.3 is 11.1 Å². The van der Waals surface area contributed by atoms with Gasteiger partial charge in [-0.2, -0.15) is 0 Å². The average Bonchev–Trinajstić information content (AvgIpc) is 3.07. The summed E-state index contributed by atoms with van der Waals surface area (Å²) in [6, 6.07) is 14.4. The van der Waals surface area contributed by atoms with Crippen molar-refractivity contribution in [3.05, 3.63) is 94.3 Å². The van der Waals surface area contributed by atoms with Crippen LogP contribution in [0.3, 0.4) is 0 Å². The molecule has 4 rings (SSSR count). The van der Waals surface area contributed by atoms with Crippen molar-refractivity contribution >= 4 is 28.8 Å². The first-order chi connectivity index (χ1) is 15.0. The molecule has 0 unspecified atom stereocenters. The van der Waals surface area contributed by atoms with Crippen LogP contribution in [0.5, 0.6) is 0 Å². The van der Waals surface area contributed by atoms with Crippen molar-refractivity contribution in [2.45, 2.75) is 6.54 Å². The van der Waals surface area contributed by atoms with Gasteiger partial charge >= 0.3 is 0 Å². The molecule has 3 aromatic rings. The molecule has 1 aliphatic rings. The van der Waals surface area contributed by atoms with Crippen LogP contribution in [-0.4, -0.2) is 40.7 Å². The lowest BCUT2D eigenvalue weighted by Crippen LogP contribution is -2.18. The van der Waals surface area contributed by atoms with Crippen LogP contribution in [0.15, 0.2) is 77.2 Å². The number of aromatic nitrogens is 2. The molecule has 1 aromatic heterocycles. The summed E-state index contributed by atoms with van der Waals surface area (Å²) in [7, 11) is 1.98. The van der Waals surface area contributed by atoms with E-state index in [2.05, 4.69) is 20.2 Å². The van der Waals surface area contributed by atoms with Crippen molar-refractivity contribution in [3.8, 4) is 0 Å². The van der Waals surface area contributed by atoms with E-state index in [1.807, 2.05) is 31.3 Å². The summed E-state index contributed by atoms with van der Waals surface area (Å²) < 4.78 is 14.6. The largest absolute Gasteiger partial charge is 0.401 e. The van der Waals surface area contributed by atoms with E-state index >= 15 is 0 Å². The molecule has 2 aromatic carbocycles. The first-order valence-electron chi connectivity index (χ1n) is 9.79. The number of benzene rings is 2. The lowest BCUT2D eigenvalue weighted by molar-refractivity contribution is 0.426. The first-order valence-corrected chi connectivity index (χ1v) is 10.2. The van der Waals surface area contributed by atoms with E-state index in [0.29, 0.717) is 41.9 Å². The van der Waals surface area contributed by atoms with Gasteiger partial charge in [0.25, 0.3) is 0 Å². The smallest absolute Gasteiger partial charge is 0.150 e. The minimum atomic E-state index is -0.314. The molecule has 0 radical (unpaired) electrons. The Morgan fingerprint density at radius 1 is 1.19 bits per heavy atom. The van der Waals surface area contributed by atoms with Gasteiger partial charge in [0, 0.05) is 35.6 Å². The Balaban J connectivity index is 1.62. The summed E-state index contributed by atoms with van der Waals surface area (Å²) in [4.78, 5) is 15.1. The molecule has 6 nitrogen and oxygen atoms in total. The average molecular weight is 437 g/mol. The van der Waals surface area contributed by atoms with Crippen molar-refractivity contribution in [1.82, 2.24) is 14.9 Å². The Kier molecular flexibility index (Phi) is 6.25. The fourth-order valence-corrected chi connectivity index (χ4v) is 3.65. The highest BCUT2D eigenvalue weighted by atomic mass is 35.5. The topological polar surface area (TPSA) is 79.4 Å². The molecule has 0 spiro atoms. The molecule has 158 valence electrons. The molecule has 3 N–H and O–H groups in total. The molecule has 0 atom stereocenters. The molecular formula is C23H22ClFN6. The lowest BCUT2D eigenvalue weighted by atomic mass is 10.0. The normalized spacial score (nSPS) is 14.9. The van der Waals surface area contributed by atoms with Crippen molar-refractivity contribution in [3.63, 3.8) is 0 Å². The Morgan fingerprint density at radius 3 is 2.77 bits per heavy atom. The van der Waals surface area contributed by atoms with Crippen molar-refractivity contribution in [2.75, 3.05) is 25.5 Å². The number of likely N-dealkylation sites (N-methyl/N-ethyl adjacent to an activating group) is 1. The van der Waals surface area contributed by atoms with Crippen LogP contribution in [0.1, 0.15) is 11.1 Å². The van der Waals surface area contributed by atoms with Crippen LogP contribution in [0.2, 0.25) is 5.15 Å². The summed E-state index contributed by atoms with van der Waals surface area (Å²) in [5.41, 5.74) is 10.7. The summed E-state index contributed by atoms with van der Waals surface area (Å²) in [5, 5.41) is 3.49. The van der Waals surface area contributed by atoms with Gasteiger partial charge in [0.15, 0.2) is 5.82 Å². The Labute approximate surface area is 185 Å². The molecular weight excluding hydrogens is 415 g/mol. The third-order valence-corrected chi connectivity index (χ3v) is 5.08. The zero-order valence-corrected chi connectivity index (χ0v) is 17.8. The van der Waals surface area contributed by atoms with Gasteiger partial charge in [-0.1, -0.05) is 35.9 Å². The predicted molar refractivity (Wildman–Crippen MR) is 122 cm³/mol.